The quantitative estimate of drug-likeness (QED) is 0.833. The van der Waals surface area contributed by atoms with Gasteiger partial charge in [0.25, 0.3) is 0 Å². The van der Waals surface area contributed by atoms with Gasteiger partial charge >= 0.3 is 0 Å². The van der Waals surface area contributed by atoms with Gasteiger partial charge < -0.3 is 5.73 Å². The summed E-state index contributed by atoms with van der Waals surface area (Å²) < 4.78 is 0. The Morgan fingerprint density at radius 1 is 1.47 bits per heavy atom. The summed E-state index contributed by atoms with van der Waals surface area (Å²) in [6, 6.07) is 9.01. The molecule has 0 aromatic heterocycles. The first kappa shape index (κ1) is 12.8. The lowest BCUT2D eigenvalue weighted by Gasteiger charge is -2.32. The maximum absolute atomic E-state index is 5.78. The Morgan fingerprint density at radius 3 is 3.12 bits per heavy atom. The van der Waals surface area contributed by atoms with Gasteiger partial charge in [-0.1, -0.05) is 12.1 Å². The van der Waals surface area contributed by atoms with Crippen LogP contribution in [0.15, 0.2) is 24.3 Å². The van der Waals surface area contributed by atoms with Gasteiger partial charge in [0.15, 0.2) is 0 Å². The molecule has 0 amide bonds. The van der Waals surface area contributed by atoms with E-state index in [1.165, 1.54) is 36.6 Å². The highest BCUT2D eigenvalue weighted by atomic mass is 32.2. The molecule has 1 aromatic carbocycles. The third kappa shape index (κ3) is 3.93. The van der Waals surface area contributed by atoms with Gasteiger partial charge in [-0.15, -0.1) is 0 Å². The van der Waals surface area contributed by atoms with Crippen LogP contribution in [0, 0.1) is 0 Å². The molecule has 2 N–H and O–H groups in total. The smallest absolute Gasteiger partial charge is 0.0316 e. The van der Waals surface area contributed by atoms with Crippen molar-refractivity contribution >= 4 is 17.4 Å². The Kier molecular flexibility index (Phi) is 4.75. The highest BCUT2D eigenvalue weighted by Gasteiger charge is 2.17. The number of nitrogens with two attached hydrogens (primary N) is 1. The van der Waals surface area contributed by atoms with E-state index >= 15 is 0 Å². The number of anilines is 1. The number of thioether (sulfide) groups is 1. The molecule has 1 atom stereocenters. The molecule has 2 rings (SSSR count). The third-order valence-electron chi connectivity index (χ3n) is 3.37. The fourth-order valence-corrected chi connectivity index (χ4v) is 3.41. The average Bonchev–Trinajstić information content (AvgIpc) is 2.32. The van der Waals surface area contributed by atoms with Crippen LogP contribution >= 0.6 is 11.8 Å². The zero-order valence-electron chi connectivity index (χ0n) is 10.6. The first-order valence-electron chi connectivity index (χ1n) is 6.42. The molecule has 0 aliphatic carbocycles. The topological polar surface area (TPSA) is 29.3 Å². The summed E-state index contributed by atoms with van der Waals surface area (Å²) in [4.78, 5) is 2.61. The van der Waals surface area contributed by atoms with Crippen molar-refractivity contribution in [1.29, 1.82) is 0 Å². The maximum Gasteiger partial charge on any atom is 0.0316 e. The van der Waals surface area contributed by atoms with Crippen LogP contribution in [0.4, 0.5) is 5.69 Å². The minimum absolute atomic E-state index is 0.745. The van der Waals surface area contributed by atoms with Crippen molar-refractivity contribution in [3.8, 4) is 0 Å². The summed E-state index contributed by atoms with van der Waals surface area (Å²) >= 11 is 2.08. The number of hydrogen-bond acceptors (Lipinski definition) is 3. The number of nitrogen functional groups attached to an aromatic ring is 1. The molecule has 0 saturated carbocycles. The Morgan fingerprint density at radius 2 is 2.35 bits per heavy atom. The fourth-order valence-electron chi connectivity index (χ4n) is 2.33. The van der Waals surface area contributed by atoms with E-state index in [1.54, 1.807) is 0 Å². The van der Waals surface area contributed by atoms with Crippen LogP contribution in [0.3, 0.4) is 0 Å². The summed E-state index contributed by atoms with van der Waals surface area (Å²) in [7, 11) is 0. The molecule has 1 saturated heterocycles. The monoisotopic (exact) mass is 250 g/mol. The number of rotatable bonds is 4. The van der Waals surface area contributed by atoms with Crippen molar-refractivity contribution in [1.82, 2.24) is 4.90 Å². The van der Waals surface area contributed by atoms with Crippen molar-refractivity contribution < 1.29 is 0 Å². The first-order valence-corrected chi connectivity index (χ1v) is 7.57. The van der Waals surface area contributed by atoms with E-state index in [0.29, 0.717) is 0 Å². The number of aryl methyl sites for hydroxylation is 1. The van der Waals surface area contributed by atoms with E-state index in [0.717, 1.165) is 18.2 Å². The molecule has 0 bridgehead atoms. The fraction of sp³-hybridized carbons (Fsp3) is 0.571. The molecule has 1 aromatic rings. The molecule has 1 aliphatic heterocycles. The van der Waals surface area contributed by atoms with Crippen molar-refractivity contribution in [3.63, 3.8) is 0 Å². The molecular weight excluding hydrogens is 228 g/mol. The van der Waals surface area contributed by atoms with Crippen molar-refractivity contribution in [2.75, 3.05) is 30.3 Å². The normalized spacial score (nSPS) is 21.6. The van der Waals surface area contributed by atoms with Crippen LogP contribution in [-0.4, -0.2) is 35.5 Å². The first-order chi connectivity index (χ1) is 8.25. The lowest BCUT2D eigenvalue weighted by atomic mass is 10.1. The maximum atomic E-state index is 5.78. The second-order valence-corrected chi connectivity index (χ2v) is 5.96. The van der Waals surface area contributed by atoms with E-state index in [4.69, 9.17) is 5.73 Å². The molecule has 0 spiro atoms. The predicted octanol–water partition coefficient (Wildman–Crippen LogP) is 2.64. The van der Waals surface area contributed by atoms with Crippen molar-refractivity contribution in [2.45, 2.75) is 25.8 Å². The summed E-state index contributed by atoms with van der Waals surface area (Å²) in [5.41, 5.74) is 8.03. The molecule has 17 heavy (non-hydrogen) atoms. The van der Waals surface area contributed by atoms with Gasteiger partial charge in [-0.25, -0.2) is 0 Å². The van der Waals surface area contributed by atoms with Crippen LogP contribution < -0.4 is 5.73 Å². The van der Waals surface area contributed by atoms with E-state index in [-0.39, 0.29) is 0 Å². The van der Waals surface area contributed by atoms with Gasteiger partial charge in [0.1, 0.15) is 0 Å². The van der Waals surface area contributed by atoms with Crippen molar-refractivity contribution in [3.05, 3.63) is 29.8 Å². The highest BCUT2D eigenvalue weighted by molar-refractivity contribution is 7.99. The zero-order chi connectivity index (χ0) is 12.1. The second kappa shape index (κ2) is 6.31. The molecule has 0 radical (unpaired) electrons. The standard InChI is InChI=1S/C14H22N2S/c1-12-11-17-9-8-16(12)7-3-5-13-4-2-6-14(15)10-13/h2,4,6,10,12H,3,5,7-9,11,15H2,1H3. The van der Waals surface area contributed by atoms with Gasteiger partial charge in [-0.2, -0.15) is 11.8 Å². The van der Waals surface area contributed by atoms with E-state index in [1.807, 2.05) is 12.1 Å². The minimum atomic E-state index is 0.745. The van der Waals surface area contributed by atoms with Crippen LogP contribution in [0.5, 0.6) is 0 Å². The molecule has 1 heterocycles. The summed E-state index contributed by atoms with van der Waals surface area (Å²) in [6.45, 7) is 4.81. The van der Waals surface area contributed by atoms with Gasteiger partial charge in [0, 0.05) is 29.8 Å². The summed E-state index contributed by atoms with van der Waals surface area (Å²) in [5, 5.41) is 0. The number of nitrogens with zero attached hydrogens (tertiary/aromatic N) is 1. The van der Waals surface area contributed by atoms with Gasteiger partial charge in [-0.05, 0) is 44.0 Å². The summed E-state index contributed by atoms with van der Waals surface area (Å²) in [5.74, 6) is 2.58. The SMILES string of the molecule is CC1CSCCN1CCCc1cccc(N)c1. The van der Waals surface area contributed by atoms with Crippen LogP contribution in [-0.2, 0) is 6.42 Å². The molecule has 1 fully saturated rings. The van der Waals surface area contributed by atoms with Gasteiger partial charge in [0.05, 0.1) is 0 Å². The van der Waals surface area contributed by atoms with Gasteiger partial charge in [-0.3, -0.25) is 4.90 Å². The van der Waals surface area contributed by atoms with E-state index in [2.05, 4.69) is 35.7 Å². The number of benzene rings is 1. The molecule has 1 unspecified atom stereocenters. The molecular formula is C14H22N2S. The largest absolute Gasteiger partial charge is 0.399 e. The third-order valence-corrected chi connectivity index (χ3v) is 4.56. The lowest BCUT2D eigenvalue weighted by Crippen LogP contribution is -2.40. The molecule has 1 aliphatic rings. The minimum Gasteiger partial charge on any atom is -0.399 e. The molecule has 94 valence electrons. The zero-order valence-corrected chi connectivity index (χ0v) is 11.4. The molecule has 3 heteroatoms. The highest BCUT2D eigenvalue weighted by Crippen LogP contribution is 2.17. The number of hydrogen-bond donors (Lipinski definition) is 1. The van der Waals surface area contributed by atoms with Crippen LogP contribution in [0.25, 0.3) is 0 Å². The average molecular weight is 250 g/mol. The lowest BCUT2D eigenvalue weighted by molar-refractivity contribution is 0.230. The van der Waals surface area contributed by atoms with E-state index < -0.39 is 0 Å². The second-order valence-electron chi connectivity index (χ2n) is 4.81. The van der Waals surface area contributed by atoms with Crippen molar-refractivity contribution in [2.24, 2.45) is 0 Å². The molecule has 2 nitrogen and oxygen atoms in total. The van der Waals surface area contributed by atoms with Crippen LogP contribution in [0.1, 0.15) is 18.9 Å². The Balaban J connectivity index is 1.75. The Hall–Kier alpha value is -0.670. The Bertz CT molecular complexity index is 354. The van der Waals surface area contributed by atoms with E-state index in [9.17, 15) is 0 Å². The van der Waals surface area contributed by atoms with Crippen LogP contribution in [0.2, 0.25) is 0 Å². The predicted molar refractivity (Wildman–Crippen MR) is 77.5 cm³/mol. The Labute approximate surface area is 109 Å². The van der Waals surface area contributed by atoms with Gasteiger partial charge in [0.2, 0.25) is 0 Å². The summed E-state index contributed by atoms with van der Waals surface area (Å²) in [6.07, 6.45) is 2.37.